The van der Waals surface area contributed by atoms with E-state index in [1.807, 2.05) is 10.3 Å². The van der Waals surface area contributed by atoms with Crippen LogP contribution < -0.4 is 5.32 Å². The van der Waals surface area contributed by atoms with E-state index in [4.69, 9.17) is 0 Å². The van der Waals surface area contributed by atoms with Gasteiger partial charge in [0.05, 0.1) is 0 Å². The van der Waals surface area contributed by atoms with E-state index in [-0.39, 0.29) is 24.8 Å². The van der Waals surface area contributed by atoms with Gasteiger partial charge >= 0.3 is 0 Å². The van der Waals surface area contributed by atoms with Gasteiger partial charge in [-0.25, -0.2) is 8.78 Å². The topological polar surface area (TPSA) is 15.3 Å². The summed E-state index contributed by atoms with van der Waals surface area (Å²) in [5.74, 6) is 0. The average molecular weight is 384 g/mol. The molecular weight excluding hydrogens is 369 g/mol. The van der Waals surface area contributed by atoms with Crippen molar-refractivity contribution < 1.29 is 8.78 Å². The van der Waals surface area contributed by atoms with Crippen molar-refractivity contribution in [2.24, 2.45) is 0 Å². The molecule has 1 saturated heterocycles. The Labute approximate surface area is 130 Å². The van der Waals surface area contributed by atoms with Gasteiger partial charge in [0.15, 0.2) is 0 Å². The summed E-state index contributed by atoms with van der Waals surface area (Å²) in [4.78, 5) is 2.60. The molecule has 2 rings (SSSR count). The lowest BCUT2D eigenvalue weighted by Gasteiger charge is -2.33. The highest BCUT2D eigenvalue weighted by molar-refractivity contribution is 9.10. The third-order valence-electron chi connectivity index (χ3n) is 2.66. The minimum absolute atomic E-state index is 0. The van der Waals surface area contributed by atoms with E-state index in [0.717, 1.165) is 22.4 Å². The zero-order valence-electron chi connectivity index (χ0n) is 9.44. The maximum atomic E-state index is 13.1. The monoisotopic (exact) mass is 382 g/mol. The quantitative estimate of drug-likeness (QED) is 0.858. The average Bonchev–Trinajstić information content (AvgIpc) is 2.66. The summed E-state index contributed by atoms with van der Waals surface area (Å²) in [6.45, 7) is 2.95. The molecular formula is C10H15BrCl2F2N2S. The lowest BCUT2D eigenvalue weighted by atomic mass is 10.2. The van der Waals surface area contributed by atoms with Crippen LogP contribution in [0.3, 0.4) is 0 Å². The molecule has 0 saturated carbocycles. The predicted molar refractivity (Wildman–Crippen MR) is 79.7 cm³/mol. The minimum atomic E-state index is -2.33. The van der Waals surface area contributed by atoms with Crippen LogP contribution in [0.1, 0.15) is 10.9 Å². The van der Waals surface area contributed by atoms with Crippen LogP contribution in [0.15, 0.2) is 15.9 Å². The molecule has 8 heteroatoms. The third-order valence-corrected chi connectivity index (χ3v) is 4.43. The molecule has 0 bridgehead atoms. The molecule has 0 aliphatic carbocycles. The first-order chi connectivity index (χ1) is 7.68. The van der Waals surface area contributed by atoms with Gasteiger partial charge in [-0.3, -0.25) is 4.90 Å². The molecule has 1 aliphatic rings. The molecule has 2 nitrogen and oxygen atoms in total. The molecule has 18 heavy (non-hydrogen) atoms. The second-order valence-corrected chi connectivity index (χ2v) is 5.59. The maximum Gasteiger partial charge on any atom is 0.258 e. The molecule has 0 amide bonds. The van der Waals surface area contributed by atoms with Crippen molar-refractivity contribution in [3.63, 3.8) is 0 Å². The lowest BCUT2D eigenvalue weighted by molar-refractivity contribution is 0.0200. The molecule has 106 valence electrons. The summed E-state index contributed by atoms with van der Waals surface area (Å²) >= 11 is 4.70. The molecule has 1 aromatic heterocycles. The van der Waals surface area contributed by atoms with E-state index in [0.29, 0.717) is 13.1 Å². The van der Waals surface area contributed by atoms with Crippen LogP contribution in [0.2, 0.25) is 0 Å². The van der Waals surface area contributed by atoms with Gasteiger partial charge in [0, 0.05) is 40.9 Å². The van der Waals surface area contributed by atoms with Gasteiger partial charge in [-0.1, -0.05) is 0 Å². The summed E-state index contributed by atoms with van der Waals surface area (Å²) in [7, 11) is 0. The molecule has 0 unspecified atom stereocenters. The van der Waals surface area contributed by atoms with Crippen molar-refractivity contribution in [3.8, 4) is 0 Å². The van der Waals surface area contributed by atoms with Crippen LogP contribution in [-0.2, 0) is 0 Å². The number of rotatable bonds is 3. The summed E-state index contributed by atoms with van der Waals surface area (Å²) in [6, 6.07) is 1.04. The Morgan fingerprint density at radius 1 is 1.28 bits per heavy atom. The summed E-state index contributed by atoms with van der Waals surface area (Å²) in [5.41, 5.74) is 0. The Morgan fingerprint density at radius 2 is 1.89 bits per heavy atom. The minimum Gasteiger partial charge on any atom is -0.314 e. The molecule has 1 fully saturated rings. The van der Waals surface area contributed by atoms with E-state index in [1.54, 1.807) is 6.07 Å². The van der Waals surface area contributed by atoms with Gasteiger partial charge in [0.25, 0.3) is 6.43 Å². The van der Waals surface area contributed by atoms with Crippen molar-refractivity contribution in [1.82, 2.24) is 10.2 Å². The van der Waals surface area contributed by atoms with Crippen LogP contribution in [-0.4, -0.2) is 37.5 Å². The third kappa shape index (κ3) is 4.58. The molecule has 1 N–H and O–H groups in total. The Kier molecular flexibility index (Phi) is 8.92. The number of alkyl halides is 2. The van der Waals surface area contributed by atoms with Gasteiger partial charge in [0.1, 0.15) is 6.04 Å². The molecule has 1 aliphatic heterocycles. The van der Waals surface area contributed by atoms with Crippen molar-refractivity contribution in [2.75, 3.05) is 26.2 Å². The summed E-state index contributed by atoms with van der Waals surface area (Å²) in [5, 5.41) is 5.03. The SMILES string of the molecule is Cl.Cl.FC(F)[C@@H](c1cc(Br)cs1)N1CCNCC1. The molecule has 0 radical (unpaired) electrons. The molecule has 0 spiro atoms. The van der Waals surface area contributed by atoms with E-state index >= 15 is 0 Å². The number of hydrogen-bond acceptors (Lipinski definition) is 3. The number of hydrogen-bond donors (Lipinski definition) is 1. The van der Waals surface area contributed by atoms with Gasteiger partial charge in [-0.15, -0.1) is 36.2 Å². The van der Waals surface area contributed by atoms with Gasteiger partial charge < -0.3 is 5.32 Å². The van der Waals surface area contributed by atoms with Crippen LogP contribution >= 0.6 is 52.1 Å². The van der Waals surface area contributed by atoms with Gasteiger partial charge in [0.2, 0.25) is 0 Å². The Morgan fingerprint density at radius 3 is 2.33 bits per heavy atom. The normalized spacial score (nSPS) is 18.0. The van der Waals surface area contributed by atoms with Crippen molar-refractivity contribution in [3.05, 3.63) is 20.8 Å². The van der Waals surface area contributed by atoms with Crippen LogP contribution in [0.25, 0.3) is 0 Å². The largest absolute Gasteiger partial charge is 0.314 e. The highest BCUT2D eigenvalue weighted by Gasteiger charge is 2.31. The van der Waals surface area contributed by atoms with E-state index in [9.17, 15) is 8.78 Å². The number of halogens is 5. The van der Waals surface area contributed by atoms with Crippen molar-refractivity contribution in [2.45, 2.75) is 12.5 Å². The van der Waals surface area contributed by atoms with E-state index in [2.05, 4.69) is 21.2 Å². The molecule has 2 heterocycles. The van der Waals surface area contributed by atoms with Crippen LogP contribution in [0.4, 0.5) is 8.78 Å². The first kappa shape index (κ1) is 18.5. The smallest absolute Gasteiger partial charge is 0.258 e. The van der Waals surface area contributed by atoms with Gasteiger partial charge in [-0.05, 0) is 22.0 Å². The molecule has 0 aromatic carbocycles. The second-order valence-electron chi connectivity index (χ2n) is 3.73. The zero-order valence-corrected chi connectivity index (χ0v) is 13.5. The van der Waals surface area contributed by atoms with Crippen molar-refractivity contribution in [1.29, 1.82) is 0 Å². The maximum absolute atomic E-state index is 13.1. The first-order valence-electron chi connectivity index (χ1n) is 5.15. The molecule has 1 aromatic rings. The number of nitrogens with one attached hydrogen (secondary N) is 1. The fraction of sp³-hybridized carbons (Fsp3) is 0.600. The Hall–Kier alpha value is 0.540. The zero-order chi connectivity index (χ0) is 11.5. The van der Waals surface area contributed by atoms with E-state index in [1.165, 1.54) is 11.3 Å². The van der Waals surface area contributed by atoms with Gasteiger partial charge in [-0.2, -0.15) is 0 Å². The van der Waals surface area contributed by atoms with E-state index < -0.39 is 12.5 Å². The second kappa shape index (κ2) is 8.66. The Bertz CT molecular complexity index is 348. The lowest BCUT2D eigenvalue weighted by Crippen LogP contribution is -2.46. The number of nitrogens with zero attached hydrogens (tertiary/aromatic N) is 1. The van der Waals surface area contributed by atoms with Crippen LogP contribution in [0.5, 0.6) is 0 Å². The highest BCUT2D eigenvalue weighted by Crippen LogP contribution is 2.33. The van der Waals surface area contributed by atoms with Crippen molar-refractivity contribution >= 4 is 52.1 Å². The first-order valence-corrected chi connectivity index (χ1v) is 6.82. The summed E-state index contributed by atoms with van der Waals surface area (Å²) in [6.07, 6.45) is -2.33. The fourth-order valence-corrected chi connectivity index (χ4v) is 3.49. The van der Waals surface area contributed by atoms with Crippen LogP contribution in [0, 0.1) is 0 Å². The number of thiophene rings is 1. The summed E-state index contributed by atoms with van der Waals surface area (Å²) < 4.78 is 27.1. The molecule has 1 atom stereocenters. The Balaban J connectivity index is 0.00000144. The number of piperazine rings is 1. The highest BCUT2D eigenvalue weighted by atomic mass is 79.9. The standard InChI is InChI=1S/C10H13BrF2N2S.2ClH/c11-7-5-8(16-6-7)9(10(12)13)15-3-1-14-2-4-15;;/h5-6,9-10,14H,1-4H2;2*1H/t9-;;/m1../s1. The fourth-order valence-electron chi connectivity index (χ4n) is 1.91. The predicted octanol–water partition coefficient (Wildman–Crippen LogP) is 3.57.